The lowest BCUT2D eigenvalue weighted by atomic mass is 10.0. The average Bonchev–Trinajstić information content (AvgIpc) is 2.84. The van der Waals surface area contributed by atoms with Crippen molar-refractivity contribution in [2.45, 2.75) is 39.3 Å². The van der Waals surface area contributed by atoms with E-state index in [1.807, 2.05) is 98.8 Å². The Hall–Kier alpha value is -3.60. The molecule has 0 saturated heterocycles. The van der Waals surface area contributed by atoms with Crippen LogP contribution < -0.4 is 10.1 Å². The zero-order valence-electron chi connectivity index (χ0n) is 19.4. The smallest absolute Gasteiger partial charge is 0.261 e. The number of carbonyl (C=O) groups excluding carboxylic acids is 2. The molecule has 0 radical (unpaired) electrons. The lowest BCUT2D eigenvalue weighted by Gasteiger charge is -2.31. The summed E-state index contributed by atoms with van der Waals surface area (Å²) in [5.41, 5.74) is 3.02. The van der Waals surface area contributed by atoms with E-state index in [9.17, 15) is 9.59 Å². The molecule has 1 atom stereocenters. The van der Waals surface area contributed by atoms with Gasteiger partial charge in [-0.05, 0) is 42.2 Å². The van der Waals surface area contributed by atoms with Gasteiger partial charge in [0.25, 0.3) is 5.91 Å². The zero-order valence-corrected chi connectivity index (χ0v) is 19.4. The number of carbonyl (C=O) groups is 2. The summed E-state index contributed by atoms with van der Waals surface area (Å²) in [6.45, 7) is 4.74. The van der Waals surface area contributed by atoms with E-state index in [1.165, 1.54) is 0 Å². The average molecular weight is 445 g/mol. The highest BCUT2D eigenvalue weighted by Gasteiger charge is 2.30. The molecule has 5 nitrogen and oxygen atoms in total. The number of benzene rings is 3. The molecule has 0 bridgehead atoms. The van der Waals surface area contributed by atoms with E-state index in [1.54, 1.807) is 4.90 Å². The monoisotopic (exact) mass is 444 g/mol. The van der Waals surface area contributed by atoms with E-state index in [2.05, 4.69) is 5.32 Å². The van der Waals surface area contributed by atoms with Crippen molar-refractivity contribution in [2.75, 3.05) is 13.2 Å². The second kappa shape index (κ2) is 12.4. The van der Waals surface area contributed by atoms with Gasteiger partial charge in [0, 0.05) is 19.5 Å². The van der Waals surface area contributed by atoms with Crippen LogP contribution in [0.5, 0.6) is 5.75 Å². The highest BCUT2D eigenvalue weighted by molar-refractivity contribution is 5.88. The van der Waals surface area contributed by atoms with Crippen LogP contribution in [0.15, 0.2) is 84.9 Å². The third-order valence-electron chi connectivity index (χ3n) is 5.37. The van der Waals surface area contributed by atoms with Gasteiger partial charge in [0.05, 0.1) is 0 Å². The molecule has 0 aliphatic carbocycles. The Morgan fingerprint density at radius 1 is 0.909 bits per heavy atom. The van der Waals surface area contributed by atoms with Crippen LogP contribution in [0, 0.1) is 6.92 Å². The fourth-order valence-corrected chi connectivity index (χ4v) is 3.63. The van der Waals surface area contributed by atoms with Crippen molar-refractivity contribution >= 4 is 11.8 Å². The number of aryl methyl sites for hydroxylation is 1. The van der Waals surface area contributed by atoms with Crippen molar-refractivity contribution < 1.29 is 14.3 Å². The first-order chi connectivity index (χ1) is 16.1. The van der Waals surface area contributed by atoms with Gasteiger partial charge in [0.2, 0.25) is 5.91 Å². The second-order valence-electron chi connectivity index (χ2n) is 8.11. The van der Waals surface area contributed by atoms with Crippen LogP contribution in [0.4, 0.5) is 0 Å². The maximum atomic E-state index is 13.4. The Morgan fingerprint density at radius 3 is 2.21 bits per heavy atom. The molecule has 0 spiro atoms. The normalized spacial score (nSPS) is 11.5. The molecule has 0 fully saturated rings. The molecule has 0 aromatic heterocycles. The molecule has 5 heteroatoms. The fourth-order valence-electron chi connectivity index (χ4n) is 3.63. The van der Waals surface area contributed by atoms with Crippen LogP contribution in [-0.2, 0) is 22.6 Å². The maximum absolute atomic E-state index is 13.4. The van der Waals surface area contributed by atoms with Gasteiger partial charge in [-0.2, -0.15) is 0 Å². The lowest BCUT2D eigenvalue weighted by molar-refractivity contribution is -0.142. The molecule has 0 saturated carbocycles. The van der Waals surface area contributed by atoms with Gasteiger partial charge in [-0.3, -0.25) is 9.59 Å². The zero-order chi connectivity index (χ0) is 23.5. The Bertz CT molecular complexity index is 1020. The summed E-state index contributed by atoms with van der Waals surface area (Å²) in [5, 5.41) is 2.98. The van der Waals surface area contributed by atoms with Gasteiger partial charge in [-0.25, -0.2) is 0 Å². The minimum atomic E-state index is -0.646. The molecule has 0 aliphatic heterocycles. The summed E-state index contributed by atoms with van der Waals surface area (Å²) < 4.78 is 5.81. The molecule has 2 amide bonds. The summed E-state index contributed by atoms with van der Waals surface area (Å²) >= 11 is 0. The van der Waals surface area contributed by atoms with Crippen LogP contribution in [-0.4, -0.2) is 35.9 Å². The molecule has 33 heavy (non-hydrogen) atoms. The van der Waals surface area contributed by atoms with E-state index in [-0.39, 0.29) is 18.4 Å². The first-order valence-corrected chi connectivity index (χ1v) is 11.4. The minimum absolute atomic E-state index is 0.136. The summed E-state index contributed by atoms with van der Waals surface area (Å²) in [4.78, 5) is 28.3. The SMILES string of the molecule is CCCNC(=O)[C@@H](Cc1ccccc1)N(Cc1ccccc1)C(=O)COc1cccc(C)c1. The van der Waals surface area contributed by atoms with Crippen LogP contribution >= 0.6 is 0 Å². The van der Waals surface area contributed by atoms with Crippen LogP contribution in [0.3, 0.4) is 0 Å². The van der Waals surface area contributed by atoms with Crippen molar-refractivity contribution in [1.82, 2.24) is 10.2 Å². The number of hydrogen-bond acceptors (Lipinski definition) is 3. The van der Waals surface area contributed by atoms with Gasteiger partial charge < -0.3 is 15.0 Å². The fraction of sp³-hybridized carbons (Fsp3) is 0.286. The Morgan fingerprint density at radius 2 is 1.58 bits per heavy atom. The van der Waals surface area contributed by atoms with Crippen molar-refractivity contribution in [3.63, 3.8) is 0 Å². The molecular weight excluding hydrogens is 412 g/mol. The molecule has 0 unspecified atom stereocenters. The first kappa shape index (κ1) is 24.1. The predicted molar refractivity (Wildman–Crippen MR) is 131 cm³/mol. The van der Waals surface area contributed by atoms with Crippen LogP contribution in [0.1, 0.15) is 30.0 Å². The molecule has 172 valence electrons. The number of amides is 2. The molecule has 3 aromatic carbocycles. The Balaban J connectivity index is 1.86. The molecule has 3 rings (SSSR count). The van der Waals surface area contributed by atoms with Gasteiger partial charge in [-0.15, -0.1) is 0 Å². The molecular formula is C28H32N2O3. The highest BCUT2D eigenvalue weighted by Crippen LogP contribution is 2.17. The predicted octanol–water partition coefficient (Wildman–Crippen LogP) is 4.54. The maximum Gasteiger partial charge on any atom is 0.261 e. The molecule has 0 aliphatic rings. The molecule has 0 heterocycles. The molecule has 3 aromatic rings. The topological polar surface area (TPSA) is 58.6 Å². The molecule has 1 N–H and O–H groups in total. The highest BCUT2D eigenvalue weighted by atomic mass is 16.5. The number of nitrogens with zero attached hydrogens (tertiary/aromatic N) is 1. The standard InChI is InChI=1S/C28H32N2O3/c1-3-17-29-28(32)26(19-23-12-6-4-7-13-23)30(20-24-14-8-5-9-15-24)27(31)21-33-25-16-10-11-22(2)18-25/h4-16,18,26H,3,17,19-21H2,1-2H3,(H,29,32)/t26-/m1/s1. The van der Waals surface area contributed by atoms with E-state index in [0.29, 0.717) is 25.3 Å². The second-order valence-corrected chi connectivity index (χ2v) is 8.11. The summed E-state index contributed by atoms with van der Waals surface area (Å²) in [5.74, 6) is 0.256. The van der Waals surface area contributed by atoms with E-state index in [0.717, 1.165) is 23.1 Å². The van der Waals surface area contributed by atoms with Gasteiger partial charge in [-0.1, -0.05) is 79.7 Å². The van der Waals surface area contributed by atoms with Crippen molar-refractivity contribution in [3.05, 3.63) is 102 Å². The van der Waals surface area contributed by atoms with E-state index >= 15 is 0 Å². The van der Waals surface area contributed by atoms with Crippen molar-refractivity contribution in [3.8, 4) is 5.75 Å². The third kappa shape index (κ3) is 7.49. The van der Waals surface area contributed by atoms with Crippen molar-refractivity contribution in [2.24, 2.45) is 0 Å². The number of hydrogen-bond donors (Lipinski definition) is 1. The Kier molecular flexibility index (Phi) is 9.07. The summed E-state index contributed by atoms with van der Waals surface area (Å²) in [7, 11) is 0. The quantitative estimate of drug-likeness (QED) is 0.472. The van der Waals surface area contributed by atoms with Gasteiger partial charge >= 0.3 is 0 Å². The van der Waals surface area contributed by atoms with E-state index in [4.69, 9.17) is 4.74 Å². The van der Waals surface area contributed by atoms with Crippen LogP contribution in [0.2, 0.25) is 0 Å². The Labute approximate surface area is 196 Å². The first-order valence-electron chi connectivity index (χ1n) is 11.4. The van der Waals surface area contributed by atoms with Crippen molar-refractivity contribution in [1.29, 1.82) is 0 Å². The number of ether oxygens (including phenoxy) is 1. The van der Waals surface area contributed by atoms with E-state index < -0.39 is 6.04 Å². The van der Waals surface area contributed by atoms with Gasteiger partial charge in [0.1, 0.15) is 11.8 Å². The van der Waals surface area contributed by atoms with Gasteiger partial charge in [0.15, 0.2) is 6.61 Å². The lowest BCUT2D eigenvalue weighted by Crippen LogP contribution is -2.51. The number of nitrogens with one attached hydrogen (secondary N) is 1. The van der Waals surface area contributed by atoms with Crippen LogP contribution in [0.25, 0.3) is 0 Å². The summed E-state index contributed by atoms with van der Waals surface area (Å²) in [6.07, 6.45) is 1.26. The largest absolute Gasteiger partial charge is 0.484 e. The number of rotatable bonds is 11. The summed E-state index contributed by atoms with van der Waals surface area (Å²) in [6, 6.07) is 26.5. The third-order valence-corrected chi connectivity index (χ3v) is 5.37. The minimum Gasteiger partial charge on any atom is -0.484 e.